The van der Waals surface area contributed by atoms with Crippen molar-refractivity contribution in [3.63, 3.8) is 0 Å². The summed E-state index contributed by atoms with van der Waals surface area (Å²) >= 11 is 0. The van der Waals surface area contributed by atoms with Crippen molar-refractivity contribution in [1.29, 1.82) is 0 Å². The van der Waals surface area contributed by atoms with Gasteiger partial charge in [0.25, 0.3) is 5.91 Å². The maximum Gasteiger partial charge on any atom is 0.253 e. The molecular weight excluding hydrogens is 318 g/mol. The van der Waals surface area contributed by atoms with Crippen LogP contribution in [0, 0.1) is 6.92 Å². The van der Waals surface area contributed by atoms with E-state index in [1.807, 2.05) is 36.1 Å². The van der Waals surface area contributed by atoms with Gasteiger partial charge in [0, 0.05) is 31.7 Å². The Balaban J connectivity index is 1.80. The van der Waals surface area contributed by atoms with E-state index < -0.39 is 0 Å². The number of carbonyl (C=O) groups is 3. The summed E-state index contributed by atoms with van der Waals surface area (Å²) < 4.78 is 0. The maximum atomic E-state index is 12.5. The van der Waals surface area contributed by atoms with Crippen molar-refractivity contribution in [2.75, 3.05) is 26.7 Å². The second kappa shape index (κ2) is 8.46. The number of likely N-dealkylation sites (tertiary alicyclic amines) is 1. The van der Waals surface area contributed by atoms with Gasteiger partial charge in [-0.05, 0) is 38.0 Å². The number of nitrogens with zero attached hydrogens (tertiary/aromatic N) is 2. The van der Waals surface area contributed by atoms with Gasteiger partial charge >= 0.3 is 0 Å². The minimum Gasteiger partial charge on any atom is -0.352 e. The third-order valence-electron chi connectivity index (χ3n) is 4.38. The van der Waals surface area contributed by atoms with Gasteiger partial charge in [-0.3, -0.25) is 14.4 Å². The van der Waals surface area contributed by atoms with Gasteiger partial charge in [-0.1, -0.05) is 24.3 Å². The second-order valence-corrected chi connectivity index (χ2v) is 6.40. The lowest BCUT2D eigenvalue weighted by molar-refractivity contribution is -0.131. The number of hydrogen-bond donors (Lipinski definition) is 1. The third kappa shape index (κ3) is 5.17. The van der Waals surface area contributed by atoms with Gasteiger partial charge in [-0.25, -0.2) is 0 Å². The molecule has 0 spiro atoms. The van der Waals surface area contributed by atoms with Crippen molar-refractivity contribution in [3.8, 4) is 0 Å². The molecule has 1 saturated heterocycles. The van der Waals surface area contributed by atoms with Crippen molar-refractivity contribution in [2.24, 2.45) is 0 Å². The molecule has 1 fully saturated rings. The Morgan fingerprint density at radius 1 is 1.24 bits per heavy atom. The number of nitrogens with one attached hydrogen (secondary N) is 1. The molecule has 1 N–H and O–H groups in total. The van der Waals surface area contributed by atoms with Crippen molar-refractivity contribution in [3.05, 3.63) is 48.0 Å². The maximum absolute atomic E-state index is 12.5. The summed E-state index contributed by atoms with van der Waals surface area (Å²) in [5, 5.41) is 2.93. The number of carbonyl (C=O) groups excluding carboxylic acids is 3. The number of benzene rings is 1. The molecule has 0 aromatic heterocycles. The molecular formula is C19H25N3O3. The number of aryl methyl sites for hydroxylation is 1. The molecule has 1 aromatic carbocycles. The van der Waals surface area contributed by atoms with Gasteiger partial charge < -0.3 is 15.1 Å². The minimum atomic E-state index is -0.284. The molecule has 0 aliphatic carbocycles. The molecule has 1 aliphatic rings. The summed E-state index contributed by atoms with van der Waals surface area (Å²) in [4.78, 5) is 39.0. The summed E-state index contributed by atoms with van der Waals surface area (Å²) in [5.74, 6) is -0.448. The van der Waals surface area contributed by atoms with E-state index in [0.717, 1.165) is 5.56 Å². The number of hydrogen-bond acceptors (Lipinski definition) is 3. The minimum absolute atomic E-state index is 0.00731. The lowest BCUT2D eigenvalue weighted by Gasteiger charge is -2.32. The summed E-state index contributed by atoms with van der Waals surface area (Å²) in [6.07, 6.45) is 2.60. The van der Waals surface area contributed by atoms with Crippen LogP contribution in [0.5, 0.6) is 0 Å². The molecule has 6 nitrogen and oxygen atoms in total. The van der Waals surface area contributed by atoms with E-state index in [-0.39, 0.29) is 30.3 Å². The Labute approximate surface area is 148 Å². The number of piperidine rings is 1. The summed E-state index contributed by atoms with van der Waals surface area (Å²) in [5.41, 5.74) is 1.82. The molecule has 2 rings (SSSR count). The van der Waals surface area contributed by atoms with E-state index >= 15 is 0 Å². The van der Waals surface area contributed by atoms with Crippen LogP contribution in [-0.2, 0) is 9.59 Å². The van der Waals surface area contributed by atoms with Crippen LogP contribution >= 0.6 is 0 Å². The molecule has 0 bridgehead atoms. The highest BCUT2D eigenvalue weighted by Crippen LogP contribution is 2.14. The highest BCUT2D eigenvalue weighted by Gasteiger charge is 2.25. The summed E-state index contributed by atoms with van der Waals surface area (Å²) in [7, 11) is 1.56. The first-order valence-corrected chi connectivity index (χ1v) is 8.43. The molecule has 1 aliphatic heterocycles. The fourth-order valence-corrected chi connectivity index (χ4v) is 2.83. The van der Waals surface area contributed by atoms with Crippen molar-refractivity contribution < 1.29 is 14.4 Å². The van der Waals surface area contributed by atoms with Gasteiger partial charge in [-0.15, -0.1) is 0 Å². The monoisotopic (exact) mass is 343 g/mol. The third-order valence-corrected chi connectivity index (χ3v) is 4.38. The van der Waals surface area contributed by atoms with Crippen molar-refractivity contribution in [1.82, 2.24) is 15.1 Å². The van der Waals surface area contributed by atoms with Gasteiger partial charge in [0.15, 0.2) is 0 Å². The van der Waals surface area contributed by atoms with Crippen LogP contribution in [0.1, 0.15) is 28.8 Å². The predicted molar refractivity (Wildman–Crippen MR) is 96.1 cm³/mol. The molecule has 1 aromatic rings. The fraction of sp³-hybridized carbons (Fsp3) is 0.421. The molecule has 0 unspecified atom stereocenters. The highest BCUT2D eigenvalue weighted by molar-refractivity contribution is 5.94. The molecule has 6 heteroatoms. The van der Waals surface area contributed by atoms with E-state index in [0.29, 0.717) is 31.5 Å². The average molecular weight is 343 g/mol. The van der Waals surface area contributed by atoms with E-state index in [1.54, 1.807) is 7.05 Å². The van der Waals surface area contributed by atoms with Crippen LogP contribution in [0.3, 0.4) is 0 Å². The van der Waals surface area contributed by atoms with Crippen LogP contribution in [0.2, 0.25) is 0 Å². The van der Waals surface area contributed by atoms with Gasteiger partial charge in [0.05, 0.1) is 6.54 Å². The zero-order valence-corrected chi connectivity index (χ0v) is 14.8. The normalized spacial score (nSPS) is 14.7. The summed E-state index contributed by atoms with van der Waals surface area (Å²) in [6, 6.07) is 7.58. The molecule has 0 radical (unpaired) electrons. The highest BCUT2D eigenvalue weighted by atomic mass is 16.2. The van der Waals surface area contributed by atoms with Crippen LogP contribution in [-0.4, -0.2) is 60.2 Å². The van der Waals surface area contributed by atoms with E-state index in [9.17, 15) is 14.4 Å². The fourth-order valence-electron chi connectivity index (χ4n) is 2.83. The molecule has 1 heterocycles. The van der Waals surface area contributed by atoms with Gasteiger partial charge in [0.1, 0.15) is 0 Å². The zero-order valence-electron chi connectivity index (χ0n) is 14.8. The van der Waals surface area contributed by atoms with Crippen molar-refractivity contribution in [2.45, 2.75) is 25.8 Å². The average Bonchev–Trinajstić information content (AvgIpc) is 2.61. The van der Waals surface area contributed by atoms with E-state index in [2.05, 4.69) is 11.9 Å². The lowest BCUT2D eigenvalue weighted by atomic mass is 10.0. The molecule has 0 saturated carbocycles. The molecule has 25 heavy (non-hydrogen) atoms. The van der Waals surface area contributed by atoms with Crippen LogP contribution in [0.15, 0.2) is 36.9 Å². The Hall–Kier alpha value is -2.63. The topological polar surface area (TPSA) is 69.7 Å². The van der Waals surface area contributed by atoms with Gasteiger partial charge in [-0.2, -0.15) is 0 Å². The van der Waals surface area contributed by atoms with Crippen LogP contribution in [0.4, 0.5) is 0 Å². The largest absolute Gasteiger partial charge is 0.352 e. The van der Waals surface area contributed by atoms with Crippen molar-refractivity contribution >= 4 is 17.7 Å². The lowest BCUT2D eigenvalue weighted by Crippen LogP contribution is -2.48. The Morgan fingerprint density at radius 3 is 2.40 bits per heavy atom. The first-order valence-electron chi connectivity index (χ1n) is 8.43. The molecule has 3 amide bonds. The van der Waals surface area contributed by atoms with E-state index in [4.69, 9.17) is 0 Å². The quantitative estimate of drug-likeness (QED) is 0.821. The number of amides is 3. The number of rotatable bonds is 5. The van der Waals surface area contributed by atoms with E-state index in [1.165, 1.54) is 11.0 Å². The molecule has 134 valence electrons. The SMILES string of the molecule is C=CC(=O)N(C)CC(=O)NC1CCN(C(=O)c2ccc(C)cc2)CC1. The Bertz CT molecular complexity index is 646. The van der Waals surface area contributed by atoms with Gasteiger partial charge in [0.2, 0.25) is 11.8 Å². The number of likely N-dealkylation sites (N-methyl/N-ethyl adjacent to an activating group) is 1. The summed E-state index contributed by atoms with van der Waals surface area (Å²) in [6.45, 7) is 6.62. The smallest absolute Gasteiger partial charge is 0.253 e. The predicted octanol–water partition coefficient (Wildman–Crippen LogP) is 1.36. The zero-order chi connectivity index (χ0) is 18.4. The van der Waals surface area contributed by atoms with Crippen LogP contribution in [0.25, 0.3) is 0 Å². The first-order chi connectivity index (χ1) is 11.9. The molecule has 0 atom stereocenters. The Morgan fingerprint density at radius 2 is 1.84 bits per heavy atom. The standard InChI is InChI=1S/C19H25N3O3/c1-4-18(24)21(3)13-17(23)20-16-9-11-22(12-10-16)19(25)15-7-5-14(2)6-8-15/h4-8,16H,1,9-13H2,2-3H3,(H,20,23). The Kier molecular flexibility index (Phi) is 6.33. The van der Waals surface area contributed by atoms with Crippen LogP contribution < -0.4 is 5.32 Å². The first kappa shape index (κ1) is 18.7. The second-order valence-electron chi connectivity index (χ2n) is 6.40.